The van der Waals surface area contributed by atoms with Crippen molar-refractivity contribution in [2.24, 2.45) is 11.8 Å². The van der Waals surface area contributed by atoms with Gasteiger partial charge >= 0.3 is 11.9 Å². The van der Waals surface area contributed by atoms with E-state index in [4.69, 9.17) is 52.1 Å². The number of carbonyl (C=O) groups excluding carboxylic acids is 2. The van der Waals surface area contributed by atoms with Crippen LogP contribution in [-0.4, -0.2) is 144 Å². The third kappa shape index (κ3) is 33.5. The third-order valence-corrected chi connectivity index (χ3v) is 7.38. The van der Waals surface area contributed by atoms with Gasteiger partial charge in [0.15, 0.2) is 0 Å². The summed E-state index contributed by atoms with van der Waals surface area (Å²) in [5.41, 5.74) is 0. The Morgan fingerprint density at radius 2 is 0.551 bits per heavy atom. The van der Waals surface area contributed by atoms with Gasteiger partial charge in [0.05, 0.1) is 131 Å². The molecule has 0 bridgehead atoms. The lowest BCUT2D eigenvalue weighted by atomic mass is 10.00. The molecule has 0 heterocycles. The summed E-state index contributed by atoms with van der Waals surface area (Å²) < 4.78 is 59.8. The number of rotatable bonds is 40. The molecule has 0 aromatic heterocycles. The molecule has 0 aliphatic carbocycles. The summed E-state index contributed by atoms with van der Waals surface area (Å²) in [6.45, 7) is 17.2. The molecule has 0 amide bonds. The predicted molar refractivity (Wildman–Crippen MR) is 186 cm³/mol. The SMILES string of the molecule is CCCCC(CC)C(=O)OCCOCCOCCOCCOCCOCCOCCOCCOCCOCCOC(=O)C(CC)CCCC. The van der Waals surface area contributed by atoms with E-state index < -0.39 is 0 Å². The molecule has 13 nitrogen and oxygen atoms in total. The molecule has 2 atom stereocenters. The molecule has 0 rings (SSSR count). The van der Waals surface area contributed by atoms with Gasteiger partial charge in [-0.05, 0) is 25.7 Å². The van der Waals surface area contributed by atoms with Crippen molar-refractivity contribution in [3.05, 3.63) is 0 Å². The van der Waals surface area contributed by atoms with E-state index in [1.807, 2.05) is 13.8 Å². The van der Waals surface area contributed by atoms with Crippen LogP contribution in [0.25, 0.3) is 0 Å². The summed E-state index contributed by atoms with van der Waals surface area (Å²) in [6, 6.07) is 0. The third-order valence-electron chi connectivity index (χ3n) is 7.38. The molecule has 0 saturated heterocycles. The first-order valence-electron chi connectivity index (χ1n) is 18.6. The summed E-state index contributed by atoms with van der Waals surface area (Å²) in [4.78, 5) is 24.0. The van der Waals surface area contributed by atoms with Crippen molar-refractivity contribution in [3.63, 3.8) is 0 Å². The summed E-state index contributed by atoms with van der Waals surface area (Å²) in [7, 11) is 0. The molecule has 0 N–H and O–H groups in total. The lowest BCUT2D eigenvalue weighted by Crippen LogP contribution is -2.20. The van der Waals surface area contributed by atoms with Gasteiger partial charge in [-0.25, -0.2) is 0 Å². The summed E-state index contributed by atoms with van der Waals surface area (Å²) in [6.07, 6.45) is 7.65. The average molecular weight is 711 g/mol. The van der Waals surface area contributed by atoms with E-state index in [2.05, 4.69) is 13.8 Å². The van der Waals surface area contributed by atoms with Gasteiger partial charge in [0.1, 0.15) is 13.2 Å². The molecule has 292 valence electrons. The van der Waals surface area contributed by atoms with Gasteiger partial charge in [0.25, 0.3) is 0 Å². The molecule has 0 aromatic carbocycles. The second-order valence-electron chi connectivity index (χ2n) is 11.3. The van der Waals surface area contributed by atoms with Gasteiger partial charge in [-0.2, -0.15) is 0 Å². The second-order valence-corrected chi connectivity index (χ2v) is 11.3. The van der Waals surface area contributed by atoms with Crippen molar-refractivity contribution in [1.82, 2.24) is 0 Å². The van der Waals surface area contributed by atoms with Crippen LogP contribution in [0.5, 0.6) is 0 Å². The zero-order valence-corrected chi connectivity index (χ0v) is 31.3. The van der Waals surface area contributed by atoms with Crippen LogP contribution in [0.3, 0.4) is 0 Å². The first-order chi connectivity index (χ1) is 24.1. The molecular weight excluding hydrogens is 640 g/mol. The Kier molecular flexibility index (Phi) is 38.2. The predicted octanol–water partition coefficient (Wildman–Crippen LogP) is 4.66. The Balaban J connectivity index is 3.23. The molecule has 0 aliphatic heterocycles. The Morgan fingerprint density at radius 1 is 0.347 bits per heavy atom. The van der Waals surface area contributed by atoms with E-state index in [1.165, 1.54) is 0 Å². The van der Waals surface area contributed by atoms with E-state index in [9.17, 15) is 9.59 Å². The highest BCUT2D eigenvalue weighted by atomic mass is 16.6. The summed E-state index contributed by atoms with van der Waals surface area (Å²) in [5, 5.41) is 0. The molecule has 13 heteroatoms. The molecular formula is C36H70O13. The fourth-order valence-electron chi connectivity index (χ4n) is 4.38. The van der Waals surface area contributed by atoms with E-state index in [0.717, 1.165) is 51.4 Å². The lowest BCUT2D eigenvalue weighted by Gasteiger charge is -2.13. The molecule has 0 aliphatic rings. The van der Waals surface area contributed by atoms with E-state index in [-0.39, 0.29) is 37.0 Å². The van der Waals surface area contributed by atoms with E-state index in [0.29, 0.717) is 119 Å². The maximum Gasteiger partial charge on any atom is 0.308 e. The fraction of sp³-hybridized carbons (Fsp3) is 0.944. The average Bonchev–Trinajstić information content (AvgIpc) is 3.11. The zero-order chi connectivity index (χ0) is 35.9. The number of hydrogen-bond acceptors (Lipinski definition) is 13. The largest absolute Gasteiger partial charge is 0.463 e. The van der Waals surface area contributed by atoms with Crippen molar-refractivity contribution in [2.75, 3.05) is 132 Å². The number of hydrogen-bond donors (Lipinski definition) is 0. The van der Waals surface area contributed by atoms with Crippen molar-refractivity contribution in [3.8, 4) is 0 Å². The Bertz CT molecular complexity index is 642. The van der Waals surface area contributed by atoms with Crippen molar-refractivity contribution < 1.29 is 61.7 Å². The Morgan fingerprint density at radius 3 is 0.735 bits per heavy atom. The molecule has 2 unspecified atom stereocenters. The minimum Gasteiger partial charge on any atom is -0.463 e. The molecule has 0 spiro atoms. The van der Waals surface area contributed by atoms with Crippen LogP contribution in [0, 0.1) is 11.8 Å². The molecule has 0 fully saturated rings. The molecule has 0 saturated carbocycles. The smallest absolute Gasteiger partial charge is 0.308 e. The normalized spacial score (nSPS) is 12.7. The van der Waals surface area contributed by atoms with Crippen molar-refractivity contribution in [2.45, 2.75) is 79.1 Å². The quantitative estimate of drug-likeness (QED) is 0.0645. The van der Waals surface area contributed by atoms with Crippen LogP contribution in [-0.2, 0) is 61.7 Å². The maximum absolute atomic E-state index is 12.0. The van der Waals surface area contributed by atoms with Gasteiger partial charge in [-0.3, -0.25) is 9.59 Å². The standard InChI is InChI=1S/C36H70O13/c1-5-9-11-33(7-3)35(37)48-31-29-46-27-25-44-23-21-42-19-17-40-15-13-39-14-16-41-18-20-43-22-24-45-26-28-47-30-32-49-36(38)34(8-4)12-10-6-2/h33-34H,5-32H2,1-4H3. The van der Waals surface area contributed by atoms with Crippen LogP contribution in [0.4, 0.5) is 0 Å². The molecule has 0 aromatic rings. The van der Waals surface area contributed by atoms with E-state index >= 15 is 0 Å². The molecule has 49 heavy (non-hydrogen) atoms. The van der Waals surface area contributed by atoms with Crippen LogP contribution in [0.15, 0.2) is 0 Å². The number of unbranched alkanes of at least 4 members (excludes halogenated alkanes) is 2. The van der Waals surface area contributed by atoms with Gasteiger partial charge in [-0.1, -0.05) is 53.4 Å². The lowest BCUT2D eigenvalue weighted by molar-refractivity contribution is -0.151. The minimum absolute atomic E-state index is 0.00605. The minimum atomic E-state index is -0.122. The van der Waals surface area contributed by atoms with Crippen molar-refractivity contribution >= 4 is 11.9 Å². The number of esters is 2. The second kappa shape index (κ2) is 39.4. The maximum atomic E-state index is 12.0. The summed E-state index contributed by atoms with van der Waals surface area (Å²) in [5.74, 6) is -0.257. The number of ether oxygens (including phenoxy) is 11. The van der Waals surface area contributed by atoms with Crippen LogP contribution in [0.2, 0.25) is 0 Å². The highest BCUT2D eigenvalue weighted by Gasteiger charge is 2.18. The topological polar surface area (TPSA) is 136 Å². The van der Waals surface area contributed by atoms with Gasteiger partial charge in [0, 0.05) is 0 Å². The highest BCUT2D eigenvalue weighted by Crippen LogP contribution is 2.15. The monoisotopic (exact) mass is 710 g/mol. The number of carbonyl (C=O) groups is 2. The Hall–Kier alpha value is -1.42. The molecule has 0 radical (unpaired) electrons. The van der Waals surface area contributed by atoms with E-state index in [1.54, 1.807) is 0 Å². The highest BCUT2D eigenvalue weighted by molar-refractivity contribution is 5.72. The van der Waals surface area contributed by atoms with Crippen LogP contribution >= 0.6 is 0 Å². The zero-order valence-electron chi connectivity index (χ0n) is 31.3. The fourth-order valence-corrected chi connectivity index (χ4v) is 4.38. The van der Waals surface area contributed by atoms with Gasteiger partial charge in [0.2, 0.25) is 0 Å². The first-order valence-corrected chi connectivity index (χ1v) is 18.6. The first kappa shape index (κ1) is 47.6. The Labute approximate surface area is 296 Å². The van der Waals surface area contributed by atoms with Crippen LogP contribution < -0.4 is 0 Å². The summed E-state index contributed by atoms with van der Waals surface area (Å²) >= 11 is 0. The van der Waals surface area contributed by atoms with Gasteiger partial charge < -0.3 is 52.1 Å². The van der Waals surface area contributed by atoms with Crippen LogP contribution in [0.1, 0.15) is 79.1 Å². The van der Waals surface area contributed by atoms with Crippen molar-refractivity contribution in [1.29, 1.82) is 0 Å². The van der Waals surface area contributed by atoms with Gasteiger partial charge in [-0.15, -0.1) is 0 Å².